The fraction of sp³-hybridized carbons (Fsp3) is 0. The first-order chi connectivity index (χ1) is 9.22. The highest BCUT2D eigenvalue weighted by molar-refractivity contribution is 6.31. The SMILES string of the molecule is Fc1ccc(Oc2ccnc3cc(Cl)ccc23)cc1. The molecule has 0 atom stereocenters. The highest BCUT2D eigenvalue weighted by Gasteiger charge is 2.05. The molecule has 19 heavy (non-hydrogen) atoms. The van der Waals surface area contributed by atoms with Crippen LogP contribution in [-0.2, 0) is 0 Å². The molecule has 0 aliphatic carbocycles. The van der Waals surface area contributed by atoms with E-state index in [-0.39, 0.29) is 5.82 Å². The summed E-state index contributed by atoms with van der Waals surface area (Å²) >= 11 is 5.93. The van der Waals surface area contributed by atoms with Crippen molar-refractivity contribution in [1.29, 1.82) is 0 Å². The molecule has 0 radical (unpaired) electrons. The number of hydrogen-bond acceptors (Lipinski definition) is 2. The molecule has 4 heteroatoms. The molecule has 3 rings (SSSR count). The Kier molecular flexibility index (Phi) is 3.05. The minimum Gasteiger partial charge on any atom is -0.457 e. The lowest BCUT2D eigenvalue weighted by Gasteiger charge is -2.08. The Balaban J connectivity index is 2.03. The minimum absolute atomic E-state index is 0.293. The molecule has 0 amide bonds. The second kappa shape index (κ2) is 4.86. The van der Waals surface area contributed by atoms with Gasteiger partial charge in [0.1, 0.15) is 17.3 Å². The number of fused-ring (bicyclic) bond motifs is 1. The second-order valence-electron chi connectivity index (χ2n) is 4.03. The monoisotopic (exact) mass is 273 g/mol. The van der Waals surface area contributed by atoms with Gasteiger partial charge in [0.25, 0.3) is 0 Å². The van der Waals surface area contributed by atoms with Crippen molar-refractivity contribution in [2.75, 3.05) is 0 Å². The first-order valence-corrected chi connectivity index (χ1v) is 6.08. The predicted molar refractivity (Wildman–Crippen MR) is 73.2 cm³/mol. The zero-order valence-electron chi connectivity index (χ0n) is 9.81. The van der Waals surface area contributed by atoms with Gasteiger partial charge in [-0.15, -0.1) is 0 Å². The highest BCUT2D eigenvalue weighted by atomic mass is 35.5. The van der Waals surface area contributed by atoms with E-state index in [1.165, 1.54) is 12.1 Å². The van der Waals surface area contributed by atoms with Crippen LogP contribution in [0, 0.1) is 5.82 Å². The van der Waals surface area contributed by atoms with Crippen molar-refractivity contribution in [2.24, 2.45) is 0 Å². The van der Waals surface area contributed by atoms with E-state index in [2.05, 4.69) is 4.98 Å². The van der Waals surface area contributed by atoms with Crippen LogP contribution >= 0.6 is 11.6 Å². The smallest absolute Gasteiger partial charge is 0.138 e. The van der Waals surface area contributed by atoms with Crippen LogP contribution in [0.25, 0.3) is 10.9 Å². The van der Waals surface area contributed by atoms with Gasteiger partial charge in [-0.1, -0.05) is 11.6 Å². The second-order valence-corrected chi connectivity index (χ2v) is 4.46. The molecule has 0 aliphatic heterocycles. The summed E-state index contributed by atoms with van der Waals surface area (Å²) in [4.78, 5) is 4.23. The molecule has 3 aromatic rings. The largest absolute Gasteiger partial charge is 0.457 e. The number of halogens is 2. The topological polar surface area (TPSA) is 22.1 Å². The van der Waals surface area contributed by atoms with Crippen LogP contribution in [0.1, 0.15) is 0 Å². The van der Waals surface area contributed by atoms with Gasteiger partial charge in [-0.2, -0.15) is 0 Å². The predicted octanol–water partition coefficient (Wildman–Crippen LogP) is 4.82. The molecule has 94 valence electrons. The Labute approximate surface area is 114 Å². The van der Waals surface area contributed by atoms with Gasteiger partial charge in [0.2, 0.25) is 0 Å². The van der Waals surface area contributed by atoms with Gasteiger partial charge in [-0.25, -0.2) is 4.39 Å². The van der Waals surface area contributed by atoms with Crippen molar-refractivity contribution in [2.45, 2.75) is 0 Å². The quantitative estimate of drug-likeness (QED) is 0.668. The molecular weight excluding hydrogens is 265 g/mol. The van der Waals surface area contributed by atoms with Crippen LogP contribution < -0.4 is 4.74 Å². The van der Waals surface area contributed by atoms with Gasteiger partial charge in [0.05, 0.1) is 5.52 Å². The number of rotatable bonds is 2. The van der Waals surface area contributed by atoms with Crippen LogP contribution in [0.15, 0.2) is 54.7 Å². The van der Waals surface area contributed by atoms with Gasteiger partial charge in [-0.3, -0.25) is 4.98 Å². The number of hydrogen-bond donors (Lipinski definition) is 0. The molecule has 1 aromatic heterocycles. The number of aromatic nitrogens is 1. The lowest BCUT2D eigenvalue weighted by molar-refractivity contribution is 0.485. The van der Waals surface area contributed by atoms with Crippen molar-refractivity contribution in [1.82, 2.24) is 4.98 Å². The number of nitrogens with zero attached hydrogens (tertiary/aromatic N) is 1. The van der Waals surface area contributed by atoms with Gasteiger partial charge >= 0.3 is 0 Å². The van der Waals surface area contributed by atoms with E-state index in [4.69, 9.17) is 16.3 Å². The van der Waals surface area contributed by atoms with Gasteiger partial charge in [0, 0.05) is 16.6 Å². The zero-order chi connectivity index (χ0) is 13.2. The van der Waals surface area contributed by atoms with Crippen molar-refractivity contribution < 1.29 is 9.13 Å². The summed E-state index contributed by atoms with van der Waals surface area (Å²) < 4.78 is 18.6. The first-order valence-electron chi connectivity index (χ1n) is 5.70. The lowest BCUT2D eigenvalue weighted by Crippen LogP contribution is -1.88. The third-order valence-corrected chi connectivity index (χ3v) is 2.94. The van der Waals surface area contributed by atoms with E-state index in [9.17, 15) is 4.39 Å². The highest BCUT2D eigenvalue weighted by Crippen LogP contribution is 2.30. The van der Waals surface area contributed by atoms with Gasteiger partial charge in [0.15, 0.2) is 0 Å². The van der Waals surface area contributed by atoms with Crippen molar-refractivity contribution in [3.63, 3.8) is 0 Å². The maximum atomic E-state index is 12.8. The molecule has 0 N–H and O–H groups in total. The normalized spacial score (nSPS) is 10.6. The Hall–Kier alpha value is -2.13. The van der Waals surface area contributed by atoms with Crippen molar-refractivity contribution in [3.8, 4) is 11.5 Å². The molecule has 0 saturated carbocycles. The van der Waals surface area contributed by atoms with Crippen LogP contribution in [0.2, 0.25) is 5.02 Å². The van der Waals surface area contributed by atoms with E-state index in [0.29, 0.717) is 16.5 Å². The molecule has 0 fully saturated rings. The van der Waals surface area contributed by atoms with Crippen LogP contribution in [0.4, 0.5) is 4.39 Å². The Morgan fingerprint density at radius 2 is 1.79 bits per heavy atom. The number of pyridine rings is 1. The fourth-order valence-electron chi connectivity index (χ4n) is 1.81. The molecule has 0 unspecified atom stereocenters. The average Bonchev–Trinajstić information content (AvgIpc) is 2.41. The number of ether oxygens (including phenoxy) is 1. The van der Waals surface area contributed by atoms with Gasteiger partial charge < -0.3 is 4.74 Å². The van der Waals surface area contributed by atoms with E-state index in [0.717, 1.165) is 10.9 Å². The summed E-state index contributed by atoms with van der Waals surface area (Å²) in [5.74, 6) is 0.941. The maximum Gasteiger partial charge on any atom is 0.138 e. The van der Waals surface area contributed by atoms with Crippen LogP contribution in [0.5, 0.6) is 11.5 Å². The van der Waals surface area contributed by atoms with E-state index >= 15 is 0 Å². The minimum atomic E-state index is -0.293. The Morgan fingerprint density at radius 1 is 1.00 bits per heavy atom. The van der Waals surface area contributed by atoms with E-state index in [1.54, 1.807) is 36.5 Å². The zero-order valence-corrected chi connectivity index (χ0v) is 10.6. The molecule has 0 spiro atoms. The van der Waals surface area contributed by atoms with Crippen LogP contribution in [0.3, 0.4) is 0 Å². The standard InChI is InChI=1S/C15H9ClFNO/c16-10-1-6-13-14(9-10)18-8-7-15(13)19-12-4-2-11(17)3-5-12/h1-9H. The van der Waals surface area contributed by atoms with E-state index < -0.39 is 0 Å². The van der Waals surface area contributed by atoms with Crippen molar-refractivity contribution >= 4 is 22.5 Å². The summed E-state index contributed by atoms with van der Waals surface area (Å²) in [5.41, 5.74) is 0.757. The molecule has 2 aromatic carbocycles. The third-order valence-electron chi connectivity index (χ3n) is 2.71. The molecule has 2 nitrogen and oxygen atoms in total. The molecule has 0 aliphatic rings. The van der Waals surface area contributed by atoms with Crippen molar-refractivity contribution in [3.05, 3.63) is 65.6 Å². The Morgan fingerprint density at radius 3 is 2.58 bits per heavy atom. The molecule has 0 bridgehead atoms. The van der Waals surface area contributed by atoms with Gasteiger partial charge in [-0.05, 0) is 48.5 Å². The summed E-state index contributed by atoms with van der Waals surface area (Å²) in [7, 11) is 0. The summed E-state index contributed by atoms with van der Waals surface area (Å²) in [6.07, 6.45) is 1.65. The summed E-state index contributed by atoms with van der Waals surface area (Å²) in [6, 6.07) is 13.0. The average molecular weight is 274 g/mol. The fourth-order valence-corrected chi connectivity index (χ4v) is 1.98. The molecule has 1 heterocycles. The summed E-state index contributed by atoms with van der Waals surface area (Å²) in [6.45, 7) is 0. The summed E-state index contributed by atoms with van der Waals surface area (Å²) in [5, 5.41) is 1.48. The lowest BCUT2D eigenvalue weighted by atomic mass is 10.2. The third kappa shape index (κ3) is 2.51. The Bertz CT molecular complexity index is 728. The molecular formula is C15H9ClFNO. The molecule has 0 saturated heterocycles. The number of benzene rings is 2. The first kappa shape index (κ1) is 11.9. The van der Waals surface area contributed by atoms with E-state index in [1.807, 2.05) is 6.07 Å². The van der Waals surface area contributed by atoms with Crippen LogP contribution in [-0.4, -0.2) is 4.98 Å². The maximum absolute atomic E-state index is 12.8.